The van der Waals surface area contributed by atoms with E-state index in [9.17, 15) is 9.59 Å². The van der Waals surface area contributed by atoms with Gasteiger partial charge in [-0.05, 0) is 48.8 Å². The van der Waals surface area contributed by atoms with Crippen molar-refractivity contribution in [2.45, 2.75) is 37.8 Å². The second kappa shape index (κ2) is 7.46. The summed E-state index contributed by atoms with van der Waals surface area (Å²) in [5, 5.41) is 4.66. The van der Waals surface area contributed by atoms with E-state index in [1.54, 1.807) is 12.1 Å². The predicted molar refractivity (Wildman–Crippen MR) is 109 cm³/mol. The Bertz CT molecular complexity index is 917. The number of nitrogens with zero attached hydrogens (tertiary/aromatic N) is 2. The minimum atomic E-state index is -0.214. The SMILES string of the molecule is O=C(Nc1ccc2n(c1=O)C[C@@H]1C[C@@H]2CN(C2CCOCC2)C1)c1cccs1. The molecule has 0 aromatic carbocycles. The first-order chi connectivity index (χ1) is 13.7. The van der Waals surface area contributed by atoms with Crippen molar-refractivity contribution in [3.63, 3.8) is 0 Å². The largest absolute Gasteiger partial charge is 0.381 e. The molecule has 2 aromatic rings. The fraction of sp³-hybridized carbons (Fsp3) is 0.524. The molecule has 0 saturated carbocycles. The van der Waals surface area contributed by atoms with Crippen LogP contribution in [0.3, 0.4) is 0 Å². The van der Waals surface area contributed by atoms with Crippen LogP contribution in [-0.4, -0.2) is 47.7 Å². The number of hydrogen-bond acceptors (Lipinski definition) is 5. The van der Waals surface area contributed by atoms with Gasteiger partial charge in [0.2, 0.25) is 0 Å². The molecule has 5 rings (SSSR count). The summed E-state index contributed by atoms with van der Waals surface area (Å²) in [5.41, 5.74) is 1.42. The van der Waals surface area contributed by atoms with E-state index in [1.165, 1.54) is 11.3 Å². The lowest BCUT2D eigenvalue weighted by Crippen LogP contribution is -2.51. The Kier molecular flexibility index (Phi) is 4.82. The predicted octanol–water partition coefficient (Wildman–Crippen LogP) is 2.76. The van der Waals surface area contributed by atoms with Gasteiger partial charge in [-0.2, -0.15) is 0 Å². The van der Waals surface area contributed by atoms with Crippen molar-refractivity contribution in [3.8, 4) is 0 Å². The number of fused-ring (bicyclic) bond motifs is 4. The first-order valence-electron chi connectivity index (χ1n) is 10.1. The number of carbonyl (C=O) groups is 1. The molecule has 0 spiro atoms. The molecule has 2 bridgehead atoms. The van der Waals surface area contributed by atoms with Crippen LogP contribution >= 0.6 is 11.3 Å². The summed E-state index contributed by atoms with van der Waals surface area (Å²) in [6, 6.07) is 8.05. The second-order valence-electron chi connectivity index (χ2n) is 8.12. The van der Waals surface area contributed by atoms with Crippen LogP contribution in [0.15, 0.2) is 34.4 Å². The number of thiophene rings is 1. The Morgan fingerprint density at radius 2 is 2.00 bits per heavy atom. The number of anilines is 1. The summed E-state index contributed by atoms with van der Waals surface area (Å²) in [7, 11) is 0. The van der Waals surface area contributed by atoms with E-state index >= 15 is 0 Å². The van der Waals surface area contributed by atoms with E-state index in [0.717, 1.165) is 57.8 Å². The Morgan fingerprint density at radius 3 is 2.79 bits per heavy atom. The van der Waals surface area contributed by atoms with Crippen LogP contribution in [0.1, 0.15) is 40.5 Å². The van der Waals surface area contributed by atoms with Crippen LogP contribution in [0.25, 0.3) is 0 Å². The Hall–Kier alpha value is -1.96. The normalized spacial score (nSPS) is 25.3. The molecule has 0 radical (unpaired) electrons. The van der Waals surface area contributed by atoms with Crippen molar-refractivity contribution in [2.24, 2.45) is 5.92 Å². The molecule has 3 aliphatic heterocycles. The van der Waals surface area contributed by atoms with E-state index < -0.39 is 0 Å². The maximum Gasteiger partial charge on any atom is 0.274 e. The standard InChI is InChI=1S/C21H25N3O3S/c25-20(19-2-1-9-28-19)22-17-3-4-18-15-10-14(12-24(18)21(17)26)11-23(13-15)16-5-7-27-8-6-16/h1-4,9,14-16H,5-8,10-13H2,(H,22,25)/t14-,15-/m1/s1. The van der Waals surface area contributed by atoms with Crippen LogP contribution in [0, 0.1) is 5.92 Å². The van der Waals surface area contributed by atoms with E-state index in [0.29, 0.717) is 28.4 Å². The molecule has 1 amide bonds. The zero-order valence-corrected chi connectivity index (χ0v) is 16.6. The minimum Gasteiger partial charge on any atom is -0.381 e. The third-order valence-corrected chi connectivity index (χ3v) is 7.20. The van der Waals surface area contributed by atoms with Crippen molar-refractivity contribution in [2.75, 3.05) is 31.6 Å². The molecule has 0 unspecified atom stereocenters. The zero-order valence-electron chi connectivity index (χ0n) is 15.8. The molecule has 5 heterocycles. The molecule has 1 N–H and O–H groups in total. The van der Waals surface area contributed by atoms with Gasteiger partial charge in [0.1, 0.15) is 5.69 Å². The van der Waals surface area contributed by atoms with Crippen LogP contribution in [0.2, 0.25) is 0 Å². The lowest BCUT2D eigenvalue weighted by Gasteiger charge is -2.46. The number of pyridine rings is 1. The van der Waals surface area contributed by atoms with E-state index in [2.05, 4.69) is 10.2 Å². The highest BCUT2D eigenvalue weighted by Gasteiger charge is 2.37. The maximum absolute atomic E-state index is 13.1. The smallest absolute Gasteiger partial charge is 0.274 e. The van der Waals surface area contributed by atoms with Gasteiger partial charge in [-0.3, -0.25) is 14.5 Å². The second-order valence-corrected chi connectivity index (χ2v) is 9.06. The van der Waals surface area contributed by atoms with Gasteiger partial charge in [-0.15, -0.1) is 11.3 Å². The minimum absolute atomic E-state index is 0.0726. The average molecular weight is 400 g/mol. The van der Waals surface area contributed by atoms with Gasteiger partial charge in [0.05, 0.1) is 4.88 Å². The summed E-state index contributed by atoms with van der Waals surface area (Å²) >= 11 is 1.38. The van der Waals surface area contributed by atoms with Crippen molar-refractivity contribution >= 4 is 22.9 Å². The van der Waals surface area contributed by atoms with E-state index in [-0.39, 0.29) is 11.5 Å². The van der Waals surface area contributed by atoms with Gasteiger partial charge in [-0.25, -0.2) is 0 Å². The topological polar surface area (TPSA) is 63.6 Å². The van der Waals surface area contributed by atoms with Crippen molar-refractivity contribution in [3.05, 3.63) is 50.6 Å². The molecule has 2 saturated heterocycles. The van der Waals surface area contributed by atoms with Gasteiger partial charge < -0.3 is 14.6 Å². The van der Waals surface area contributed by atoms with E-state index in [1.807, 2.05) is 22.1 Å². The van der Waals surface area contributed by atoms with Crippen LogP contribution in [0.4, 0.5) is 5.69 Å². The summed E-state index contributed by atoms with van der Waals surface area (Å²) in [6.07, 6.45) is 3.37. The number of rotatable bonds is 3. The molecule has 2 atom stereocenters. The van der Waals surface area contributed by atoms with Gasteiger partial charge in [0.25, 0.3) is 11.5 Å². The third-order valence-electron chi connectivity index (χ3n) is 6.33. The van der Waals surface area contributed by atoms with Crippen molar-refractivity contribution < 1.29 is 9.53 Å². The number of ether oxygens (including phenoxy) is 1. The van der Waals surface area contributed by atoms with Gasteiger partial charge >= 0.3 is 0 Å². The summed E-state index contributed by atoms with van der Waals surface area (Å²) in [5.74, 6) is 0.675. The number of piperidine rings is 1. The van der Waals surface area contributed by atoms with E-state index in [4.69, 9.17) is 4.74 Å². The Morgan fingerprint density at radius 1 is 1.14 bits per heavy atom. The molecule has 2 fully saturated rings. The molecule has 148 valence electrons. The van der Waals surface area contributed by atoms with Gasteiger partial charge in [-0.1, -0.05) is 6.07 Å². The lowest BCUT2D eigenvalue weighted by molar-refractivity contribution is 0.00589. The molecule has 0 aliphatic carbocycles. The van der Waals surface area contributed by atoms with Crippen LogP contribution in [0.5, 0.6) is 0 Å². The highest BCUT2D eigenvalue weighted by molar-refractivity contribution is 7.12. The summed E-state index contributed by atoms with van der Waals surface area (Å²) in [6.45, 7) is 4.53. The number of likely N-dealkylation sites (tertiary alicyclic amines) is 1. The first kappa shape index (κ1) is 18.1. The molecule has 2 aromatic heterocycles. The fourth-order valence-corrected chi connectivity index (χ4v) is 5.64. The number of hydrogen-bond donors (Lipinski definition) is 1. The van der Waals surface area contributed by atoms with Gasteiger partial charge in [0.15, 0.2) is 0 Å². The highest BCUT2D eigenvalue weighted by Crippen LogP contribution is 2.37. The lowest BCUT2D eigenvalue weighted by atomic mass is 9.82. The zero-order chi connectivity index (χ0) is 19.1. The summed E-state index contributed by atoms with van der Waals surface area (Å²) in [4.78, 5) is 28.6. The summed E-state index contributed by atoms with van der Waals surface area (Å²) < 4.78 is 7.43. The third kappa shape index (κ3) is 3.32. The molecular weight excluding hydrogens is 374 g/mol. The van der Waals surface area contributed by atoms with Crippen molar-refractivity contribution in [1.29, 1.82) is 0 Å². The number of amides is 1. The average Bonchev–Trinajstić information content (AvgIpc) is 3.26. The first-order valence-corrected chi connectivity index (χ1v) is 11.0. The molecule has 3 aliphatic rings. The fourth-order valence-electron chi connectivity index (χ4n) is 5.02. The number of carbonyl (C=O) groups excluding carboxylic acids is 1. The van der Waals surface area contributed by atoms with Crippen molar-refractivity contribution in [1.82, 2.24) is 9.47 Å². The van der Waals surface area contributed by atoms with Crippen LogP contribution in [-0.2, 0) is 11.3 Å². The highest BCUT2D eigenvalue weighted by atomic mass is 32.1. The monoisotopic (exact) mass is 399 g/mol. The van der Waals surface area contributed by atoms with Gasteiger partial charge in [0, 0.05) is 50.5 Å². The Balaban J connectivity index is 1.38. The molecule has 28 heavy (non-hydrogen) atoms. The number of nitrogens with one attached hydrogen (secondary N) is 1. The quantitative estimate of drug-likeness (QED) is 0.862. The number of aromatic nitrogens is 1. The maximum atomic E-state index is 13.1. The molecular formula is C21H25N3O3S. The molecule has 7 heteroatoms. The Labute approximate surface area is 168 Å². The molecule has 6 nitrogen and oxygen atoms in total. The van der Waals surface area contributed by atoms with Crippen LogP contribution < -0.4 is 10.9 Å².